The third kappa shape index (κ3) is 6.71. The van der Waals surface area contributed by atoms with Crippen LogP contribution >= 0.6 is 0 Å². The molecule has 0 heterocycles. The largest absolute Gasteiger partial charge is 0.493 e. The van der Waals surface area contributed by atoms with E-state index in [1.165, 1.54) is 13.0 Å². The molecule has 0 aliphatic carbocycles. The van der Waals surface area contributed by atoms with E-state index in [9.17, 15) is 14.4 Å². The first-order valence-corrected chi connectivity index (χ1v) is 9.68. The Labute approximate surface area is 180 Å². The number of amides is 2. The number of anilines is 2. The van der Waals surface area contributed by atoms with Crippen LogP contribution in [0.3, 0.4) is 0 Å². The van der Waals surface area contributed by atoms with Crippen LogP contribution in [0, 0.1) is 0 Å². The van der Waals surface area contributed by atoms with Gasteiger partial charge in [0.15, 0.2) is 0 Å². The third-order valence-electron chi connectivity index (χ3n) is 4.15. The summed E-state index contributed by atoms with van der Waals surface area (Å²) in [6.45, 7) is 1.52. The summed E-state index contributed by atoms with van der Waals surface area (Å²) < 4.78 is 10.6. The van der Waals surface area contributed by atoms with Crippen LogP contribution in [0.25, 0.3) is 0 Å². The fraction of sp³-hybridized carbons (Fsp3) is 0.125. The van der Waals surface area contributed by atoms with Gasteiger partial charge in [0, 0.05) is 12.5 Å². The second-order valence-electron chi connectivity index (χ2n) is 6.58. The first kappa shape index (κ1) is 21.6. The average Bonchev–Trinajstić information content (AvgIpc) is 2.75. The number of hydrogen-bond acceptors (Lipinski definition) is 5. The van der Waals surface area contributed by atoms with Crippen molar-refractivity contribution >= 4 is 29.2 Å². The summed E-state index contributed by atoms with van der Waals surface area (Å²) in [6.07, 6.45) is 0.154. The van der Waals surface area contributed by atoms with Gasteiger partial charge in [0.25, 0.3) is 5.91 Å². The first-order valence-electron chi connectivity index (χ1n) is 9.68. The SMILES string of the molecule is CC(=O)Oc1cccc(C(=O)Nc2ccccc2NC(=O)CCOc2ccccc2)c1. The van der Waals surface area contributed by atoms with Crippen molar-refractivity contribution in [3.63, 3.8) is 0 Å². The van der Waals surface area contributed by atoms with Gasteiger partial charge in [0.05, 0.1) is 24.4 Å². The molecular weight excluding hydrogens is 396 g/mol. The molecule has 0 aromatic heterocycles. The van der Waals surface area contributed by atoms with Crippen LogP contribution in [0.5, 0.6) is 11.5 Å². The van der Waals surface area contributed by atoms with Crippen LogP contribution in [0.1, 0.15) is 23.7 Å². The number of esters is 1. The minimum Gasteiger partial charge on any atom is -0.493 e. The number of para-hydroxylation sites is 3. The summed E-state index contributed by atoms with van der Waals surface area (Å²) in [5, 5.41) is 5.56. The van der Waals surface area contributed by atoms with Crippen molar-refractivity contribution in [3.8, 4) is 11.5 Å². The van der Waals surface area contributed by atoms with E-state index >= 15 is 0 Å². The van der Waals surface area contributed by atoms with E-state index in [1.54, 1.807) is 42.5 Å². The maximum absolute atomic E-state index is 12.6. The molecule has 158 valence electrons. The molecule has 31 heavy (non-hydrogen) atoms. The van der Waals surface area contributed by atoms with Crippen molar-refractivity contribution < 1.29 is 23.9 Å². The molecule has 0 unspecified atom stereocenters. The van der Waals surface area contributed by atoms with Crippen molar-refractivity contribution in [1.29, 1.82) is 0 Å². The summed E-state index contributed by atoms with van der Waals surface area (Å²) >= 11 is 0. The Kier molecular flexibility index (Phi) is 7.37. The molecule has 7 heteroatoms. The lowest BCUT2D eigenvalue weighted by Gasteiger charge is -2.13. The lowest BCUT2D eigenvalue weighted by atomic mass is 10.2. The number of nitrogens with one attached hydrogen (secondary N) is 2. The van der Waals surface area contributed by atoms with Crippen molar-refractivity contribution in [3.05, 3.63) is 84.4 Å². The highest BCUT2D eigenvalue weighted by Crippen LogP contribution is 2.23. The lowest BCUT2D eigenvalue weighted by Crippen LogP contribution is -2.18. The van der Waals surface area contributed by atoms with Gasteiger partial charge in [-0.1, -0.05) is 36.4 Å². The number of carbonyl (C=O) groups excluding carboxylic acids is 3. The van der Waals surface area contributed by atoms with E-state index in [2.05, 4.69) is 10.6 Å². The van der Waals surface area contributed by atoms with E-state index in [0.717, 1.165) is 0 Å². The Morgan fingerprint density at radius 3 is 2.13 bits per heavy atom. The Morgan fingerprint density at radius 1 is 0.774 bits per heavy atom. The Balaban J connectivity index is 1.60. The predicted octanol–water partition coefficient (Wildman–Crippen LogP) is 4.27. The molecule has 0 fully saturated rings. The van der Waals surface area contributed by atoms with Crippen molar-refractivity contribution in [2.45, 2.75) is 13.3 Å². The van der Waals surface area contributed by atoms with Gasteiger partial charge in [0.2, 0.25) is 5.91 Å². The smallest absolute Gasteiger partial charge is 0.308 e. The monoisotopic (exact) mass is 418 g/mol. The minimum absolute atomic E-state index is 0.154. The molecule has 0 saturated carbocycles. The zero-order chi connectivity index (χ0) is 22.1. The van der Waals surface area contributed by atoms with Crippen LogP contribution in [-0.4, -0.2) is 24.4 Å². The number of rotatable bonds is 8. The maximum atomic E-state index is 12.6. The van der Waals surface area contributed by atoms with Gasteiger partial charge in [-0.05, 0) is 42.5 Å². The summed E-state index contributed by atoms with van der Waals surface area (Å²) in [5.41, 5.74) is 1.23. The topological polar surface area (TPSA) is 93.7 Å². The van der Waals surface area contributed by atoms with Gasteiger partial charge in [-0.15, -0.1) is 0 Å². The van der Waals surface area contributed by atoms with Crippen LogP contribution in [-0.2, 0) is 9.59 Å². The second kappa shape index (κ2) is 10.6. The lowest BCUT2D eigenvalue weighted by molar-refractivity contribution is -0.131. The molecule has 0 saturated heterocycles. The van der Waals surface area contributed by atoms with E-state index in [0.29, 0.717) is 22.7 Å². The molecule has 3 rings (SSSR count). The van der Waals surface area contributed by atoms with E-state index in [4.69, 9.17) is 9.47 Å². The number of benzene rings is 3. The summed E-state index contributed by atoms with van der Waals surface area (Å²) in [5.74, 6) is -0.140. The van der Waals surface area contributed by atoms with Crippen LogP contribution < -0.4 is 20.1 Å². The highest BCUT2D eigenvalue weighted by molar-refractivity contribution is 6.07. The van der Waals surface area contributed by atoms with Crippen LogP contribution in [0.4, 0.5) is 11.4 Å². The van der Waals surface area contributed by atoms with Crippen LogP contribution in [0.2, 0.25) is 0 Å². The Bertz CT molecular complexity index is 1070. The third-order valence-corrected chi connectivity index (χ3v) is 4.15. The maximum Gasteiger partial charge on any atom is 0.308 e. The summed E-state index contributed by atoms with van der Waals surface area (Å²) in [4.78, 5) is 36.1. The quantitative estimate of drug-likeness (QED) is 0.421. The summed E-state index contributed by atoms with van der Waals surface area (Å²) in [7, 11) is 0. The van der Waals surface area contributed by atoms with E-state index < -0.39 is 11.9 Å². The van der Waals surface area contributed by atoms with Crippen molar-refractivity contribution in [2.75, 3.05) is 17.2 Å². The standard InChI is InChI=1S/C24H22N2O5/c1-17(27)31-20-11-7-8-18(16-20)24(29)26-22-13-6-5-12-21(22)25-23(28)14-15-30-19-9-3-2-4-10-19/h2-13,16H,14-15H2,1H3,(H,25,28)(H,26,29). The van der Waals surface area contributed by atoms with Gasteiger partial charge in [-0.25, -0.2) is 0 Å². The Morgan fingerprint density at radius 2 is 1.42 bits per heavy atom. The highest BCUT2D eigenvalue weighted by atomic mass is 16.5. The zero-order valence-electron chi connectivity index (χ0n) is 17.0. The molecule has 0 aliphatic heterocycles. The first-order chi connectivity index (χ1) is 15.0. The summed E-state index contributed by atoms with van der Waals surface area (Å²) in [6, 6.07) is 22.4. The van der Waals surface area contributed by atoms with E-state index in [1.807, 2.05) is 30.3 Å². The minimum atomic E-state index is -0.470. The number of carbonyl (C=O) groups is 3. The molecule has 3 aromatic carbocycles. The molecule has 0 radical (unpaired) electrons. The van der Waals surface area contributed by atoms with Gasteiger partial charge in [0.1, 0.15) is 11.5 Å². The van der Waals surface area contributed by atoms with Gasteiger partial charge >= 0.3 is 5.97 Å². The van der Waals surface area contributed by atoms with Gasteiger partial charge in [-0.3, -0.25) is 14.4 Å². The Hall–Kier alpha value is -4.13. The molecule has 3 aromatic rings. The zero-order valence-corrected chi connectivity index (χ0v) is 17.0. The number of hydrogen-bond donors (Lipinski definition) is 2. The second-order valence-corrected chi connectivity index (χ2v) is 6.58. The fourth-order valence-electron chi connectivity index (χ4n) is 2.75. The molecule has 0 atom stereocenters. The average molecular weight is 418 g/mol. The van der Waals surface area contributed by atoms with Crippen molar-refractivity contribution in [1.82, 2.24) is 0 Å². The molecule has 0 aliphatic rings. The van der Waals surface area contributed by atoms with Crippen molar-refractivity contribution in [2.24, 2.45) is 0 Å². The molecule has 2 amide bonds. The predicted molar refractivity (Wildman–Crippen MR) is 117 cm³/mol. The number of ether oxygens (including phenoxy) is 2. The molecule has 0 spiro atoms. The molecule has 0 bridgehead atoms. The van der Waals surface area contributed by atoms with E-state index in [-0.39, 0.29) is 24.7 Å². The highest BCUT2D eigenvalue weighted by Gasteiger charge is 2.12. The molecule has 2 N–H and O–H groups in total. The van der Waals surface area contributed by atoms with Crippen LogP contribution in [0.15, 0.2) is 78.9 Å². The van der Waals surface area contributed by atoms with Gasteiger partial charge in [-0.2, -0.15) is 0 Å². The molecular formula is C24H22N2O5. The normalized spacial score (nSPS) is 10.1. The fourth-order valence-corrected chi connectivity index (χ4v) is 2.75. The van der Waals surface area contributed by atoms with Gasteiger partial charge < -0.3 is 20.1 Å². The molecule has 7 nitrogen and oxygen atoms in total.